The maximum Gasteiger partial charge on any atom is 0.261 e. The summed E-state index contributed by atoms with van der Waals surface area (Å²) in [6.07, 6.45) is 5.08. The van der Waals surface area contributed by atoms with Crippen LogP contribution in [0.3, 0.4) is 0 Å². The first-order chi connectivity index (χ1) is 9.29. The summed E-state index contributed by atoms with van der Waals surface area (Å²) in [7, 11) is 0. The Hall–Kier alpha value is -1.95. The van der Waals surface area contributed by atoms with Gasteiger partial charge in [-0.3, -0.25) is 4.98 Å². The van der Waals surface area contributed by atoms with Crippen molar-refractivity contribution in [2.75, 3.05) is 6.61 Å². The Labute approximate surface area is 110 Å². The van der Waals surface area contributed by atoms with E-state index in [1.54, 1.807) is 12.3 Å². The highest BCUT2D eigenvalue weighted by molar-refractivity contribution is 5.60. The van der Waals surface area contributed by atoms with Crippen LogP contribution in [0, 0.1) is 5.92 Å². The SMILES string of the molecule is CCOC(c1noc(-c2ccncc2O)n1)C1CC1. The number of pyridine rings is 1. The van der Waals surface area contributed by atoms with Crippen LogP contribution in [0.1, 0.15) is 31.7 Å². The van der Waals surface area contributed by atoms with E-state index in [9.17, 15) is 5.11 Å². The van der Waals surface area contributed by atoms with Gasteiger partial charge in [-0.15, -0.1) is 0 Å². The van der Waals surface area contributed by atoms with Gasteiger partial charge in [-0.05, 0) is 31.7 Å². The number of aromatic hydroxyl groups is 1. The third kappa shape index (κ3) is 2.44. The molecule has 0 saturated heterocycles. The van der Waals surface area contributed by atoms with Crippen molar-refractivity contribution in [1.29, 1.82) is 0 Å². The highest BCUT2D eigenvalue weighted by Crippen LogP contribution is 2.42. The number of aromatic nitrogens is 3. The van der Waals surface area contributed by atoms with Gasteiger partial charge >= 0.3 is 0 Å². The van der Waals surface area contributed by atoms with Gasteiger partial charge in [0.1, 0.15) is 11.9 Å². The minimum absolute atomic E-state index is 0.0251. The molecule has 2 aromatic heterocycles. The molecule has 2 aromatic rings. The van der Waals surface area contributed by atoms with Crippen LogP contribution in [-0.2, 0) is 4.74 Å². The van der Waals surface area contributed by atoms with E-state index in [0.29, 0.717) is 29.8 Å². The molecule has 100 valence electrons. The summed E-state index contributed by atoms with van der Waals surface area (Å²) >= 11 is 0. The van der Waals surface area contributed by atoms with Gasteiger partial charge in [-0.2, -0.15) is 4.98 Å². The molecule has 2 heterocycles. The number of ether oxygens (including phenoxy) is 1. The van der Waals surface area contributed by atoms with Crippen molar-refractivity contribution >= 4 is 0 Å². The second-order valence-electron chi connectivity index (χ2n) is 4.56. The first-order valence-corrected chi connectivity index (χ1v) is 6.38. The Morgan fingerprint density at radius 3 is 3.05 bits per heavy atom. The smallest absolute Gasteiger partial charge is 0.261 e. The van der Waals surface area contributed by atoms with Gasteiger partial charge in [0.15, 0.2) is 0 Å². The standard InChI is InChI=1S/C13H15N3O3/c1-2-18-11(8-3-4-8)12-15-13(19-16-12)9-5-6-14-7-10(9)17/h5-8,11,17H,2-4H2,1H3. The largest absolute Gasteiger partial charge is 0.505 e. The molecule has 0 aliphatic heterocycles. The third-order valence-corrected chi connectivity index (χ3v) is 3.12. The molecule has 1 N–H and O–H groups in total. The lowest BCUT2D eigenvalue weighted by Crippen LogP contribution is -2.08. The van der Waals surface area contributed by atoms with E-state index in [1.165, 1.54) is 6.20 Å². The van der Waals surface area contributed by atoms with Crippen molar-refractivity contribution in [1.82, 2.24) is 15.1 Å². The molecule has 6 heteroatoms. The Morgan fingerprint density at radius 1 is 1.53 bits per heavy atom. The van der Waals surface area contributed by atoms with Crippen LogP contribution in [0.25, 0.3) is 11.5 Å². The fourth-order valence-corrected chi connectivity index (χ4v) is 2.03. The minimum atomic E-state index is -0.105. The number of hydrogen-bond donors (Lipinski definition) is 1. The Kier molecular flexibility index (Phi) is 3.16. The lowest BCUT2D eigenvalue weighted by atomic mass is 10.2. The van der Waals surface area contributed by atoms with Crippen molar-refractivity contribution < 1.29 is 14.4 Å². The van der Waals surface area contributed by atoms with Gasteiger partial charge in [0, 0.05) is 12.8 Å². The lowest BCUT2D eigenvalue weighted by Gasteiger charge is -2.10. The van der Waals surface area contributed by atoms with Crippen molar-refractivity contribution in [3.8, 4) is 17.2 Å². The van der Waals surface area contributed by atoms with Crippen molar-refractivity contribution in [3.05, 3.63) is 24.3 Å². The molecular weight excluding hydrogens is 246 g/mol. The van der Waals surface area contributed by atoms with Gasteiger partial charge in [0.05, 0.1) is 11.8 Å². The van der Waals surface area contributed by atoms with E-state index in [2.05, 4.69) is 15.1 Å². The second kappa shape index (κ2) is 4.97. The molecule has 1 saturated carbocycles. The Bertz CT molecular complexity index is 566. The van der Waals surface area contributed by atoms with E-state index >= 15 is 0 Å². The highest BCUT2D eigenvalue weighted by atomic mass is 16.5. The summed E-state index contributed by atoms with van der Waals surface area (Å²) in [4.78, 5) is 8.15. The topological polar surface area (TPSA) is 81.3 Å². The Balaban J connectivity index is 1.88. The molecule has 1 aliphatic rings. The summed E-state index contributed by atoms with van der Waals surface area (Å²) in [6, 6.07) is 1.64. The third-order valence-electron chi connectivity index (χ3n) is 3.12. The van der Waals surface area contributed by atoms with Gasteiger partial charge in [0.25, 0.3) is 5.89 Å². The zero-order chi connectivity index (χ0) is 13.2. The minimum Gasteiger partial charge on any atom is -0.505 e. The molecule has 6 nitrogen and oxygen atoms in total. The zero-order valence-electron chi connectivity index (χ0n) is 10.6. The number of nitrogens with zero attached hydrogens (tertiary/aromatic N) is 3. The van der Waals surface area contributed by atoms with E-state index in [0.717, 1.165) is 12.8 Å². The summed E-state index contributed by atoms with van der Waals surface area (Å²) in [5.74, 6) is 1.35. The van der Waals surface area contributed by atoms with Gasteiger partial charge in [0.2, 0.25) is 5.82 Å². The van der Waals surface area contributed by atoms with E-state index in [-0.39, 0.29) is 11.9 Å². The molecule has 0 aromatic carbocycles. The molecule has 3 rings (SSSR count). The van der Waals surface area contributed by atoms with Gasteiger partial charge in [-0.1, -0.05) is 5.16 Å². The second-order valence-corrected chi connectivity index (χ2v) is 4.56. The fourth-order valence-electron chi connectivity index (χ4n) is 2.03. The van der Waals surface area contributed by atoms with E-state index < -0.39 is 0 Å². The lowest BCUT2D eigenvalue weighted by molar-refractivity contribution is 0.0385. The van der Waals surface area contributed by atoms with Crippen LogP contribution in [0.5, 0.6) is 5.75 Å². The predicted molar refractivity (Wildman–Crippen MR) is 66.3 cm³/mol. The molecule has 0 amide bonds. The van der Waals surface area contributed by atoms with Crippen LogP contribution in [0.2, 0.25) is 0 Å². The molecular formula is C13H15N3O3. The normalized spacial score (nSPS) is 16.5. The molecule has 1 aliphatic carbocycles. The zero-order valence-corrected chi connectivity index (χ0v) is 10.6. The molecule has 1 atom stereocenters. The molecule has 1 fully saturated rings. The average molecular weight is 261 g/mol. The summed E-state index contributed by atoms with van der Waals surface area (Å²) < 4.78 is 10.9. The van der Waals surface area contributed by atoms with Crippen LogP contribution < -0.4 is 0 Å². The molecule has 19 heavy (non-hydrogen) atoms. The van der Waals surface area contributed by atoms with Crippen LogP contribution >= 0.6 is 0 Å². The molecule has 0 spiro atoms. The van der Waals surface area contributed by atoms with Crippen molar-refractivity contribution in [2.45, 2.75) is 25.9 Å². The quantitative estimate of drug-likeness (QED) is 0.889. The first kappa shape index (κ1) is 12.1. The monoisotopic (exact) mass is 261 g/mol. The summed E-state index contributed by atoms with van der Waals surface area (Å²) in [6.45, 7) is 2.57. The summed E-state index contributed by atoms with van der Waals surface area (Å²) in [5, 5.41) is 13.7. The molecule has 0 bridgehead atoms. The highest BCUT2D eigenvalue weighted by Gasteiger charge is 2.36. The van der Waals surface area contributed by atoms with Crippen molar-refractivity contribution in [2.24, 2.45) is 5.92 Å². The van der Waals surface area contributed by atoms with Gasteiger partial charge < -0.3 is 14.4 Å². The predicted octanol–water partition coefficient (Wildman–Crippen LogP) is 2.32. The number of rotatable bonds is 5. The summed E-state index contributed by atoms with van der Waals surface area (Å²) in [5.41, 5.74) is 0.486. The molecule has 0 radical (unpaired) electrons. The number of hydrogen-bond acceptors (Lipinski definition) is 6. The van der Waals surface area contributed by atoms with E-state index in [4.69, 9.17) is 9.26 Å². The maximum atomic E-state index is 9.72. The first-order valence-electron chi connectivity index (χ1n) is 6.38. The van der Waals surface area contributed by atoms with Crippen LogP contribution in [-0.4, -0.2) is 26.8 Å². The average Bonchev–Trinajstić information content (AvgIpc) is 3.14. The maximum absolute atomic E-state index is 9.72. The van der Waals surface area contributed by atoms with Crippen LogP contribution in [0.4, 0.5) is 0 Å². The van der Waals surface area contributed by atoms with E-state index in [1.807, 2.05) is 6.92 Å². The van der Waals surface area contributed by atoms with Crippen LogP contribution in [0.15, 0.2) is 23.0 Å². The van der Waals surface area contributed by atoms with Crippen molar-refractivity contribution in [3.63, 3.8) is 0 Å². The Morgan fingerprint density at radius 2 is 2.37 bits per heavy atom. The van der Waals surface area contributed by atoms with Gasteiger partial charge in [-0.25, -0.2) is 0 Å². The fraction of sp³-hybridized carbons (Fsp3) is 0.462. The molecule has 1 unspecified atom stereocenters.